The lowest BCUT2D eigenvalue weighted by atomic mass is 9.93. The largest absolute Gasteiger partial charge is 0.486 e. The first kappa shape index (κ1) is 15.8. The van der Waals surface area contributed by atoms with Gasteiger partial charge in [-0.2, -0.15) is 0 Å². The van der Waals surface area contributed by atoms with Crippen molar-refractivity contribution in [1.82, 2.24) is 4.98 Å². The summed E-state index contributed by atoms with van der Waals surface area (Å²) < 4.78 is 10.6. The number of hydrogen-bond acceptors (Lipinski definition) is 4. The van der Waals surface area contributed by atoms with Crippen molar-refractivity contribution in [2.45, 2.75) is 13.0 Å². The Labute approximate surface area is 143 Å². The van der Waals surface area contributed by atoms with Gasteiger partial charge < -0.3 is 9.47 Å². The van der Waals surface area contributed by atoms with E-state index in [4.69, 9.17) is 32.7 Å². The van der Waals surface area contributed by atoms with Crippen molar-refractivity contribution < 1.29 is 14.3 Å². The topological polar surface area (TPSA) is 48.4 Å². The van der Waals surface area contributed by atoms with Crippen molar-refractivity contribution in [2.24, 2.45) is 0 Å². The minimum absolute atomic E-state index is 0.131. The van der Waals surface area contributed by atoms with Crippen molar-refractivity contribution in [2.75, 3.05) is 7.11 Å². The number of aromatic nitrogens is 1. The smallest absolute Gasteiger partial charge is 0.337 e. The van der Waals surface area contributed by atoms with E-state index in [1.165, 1.54) is 7.11 Å². The van der Waals surface area contributed by atoms with E-state index in [0.29, 0.717) is 21.6 Å². The van der Waals surface area contributed by atoms with E-state index >= 15 is 0 Å². The molecule has 0 saturated heterocycles. The molecule has 1 aliphatic rings. The number of halogens is 2. The van der Waals surface area contributed by atoms with Crippen LogP contribution < -0.4 is 4.74 Å². The molecule has 118 valence electrons. The van der Waals surface area contributed by atoms with E-state index in [0.717, 1.165) is 16.7 Å². The van der Waals surface area contributed by atoms with Crippen molar-refractivity contribution in [3.63, 3.8) is 0 Å². The fraction of sp³-hybridized carbons (Fsp3) is 0.176. The zero-order valence-corrected chi connectivity index (χ0v) is 14.0. The van der Waals surface area contributed by atoms with Crippen LogP contribution in [-0.4, -0.2) is 24.2 Å². The summed E-state index contributed by atoms with van der Waals surface area (Å²) in [7, 11) is 1.34. The van der Waals surface area contributed by atoms with Crippen LogP contribution in [0.1, 0.15) is 28.4 Å². The molecule has 0 N–H and O–H groups in total. The Morgan fingerprint density at radius 2 is 2.00 bits per heavy atom. The number of nitrogens with zero attached hydrogens (tertiary/aromatic N) is 1. The van der Waals surface area contributed by atoms with Crippen LogP contribution >= 0.6 is 23.2 Å². The Bertz CT molecular complexity index is 817. The zero-order valence-electron chi connectivity index (χ0n) is 12.5. The predicted molar refractivity (Wildman–Crippen MR) is 89.2 cm³/mol. The lowest BCUT2D eigenvalue weighted by Crippen LogP contribution is -2.16. The number of pyridine rings is 1. The quantitative estimate of drug-likeness (QED) is 0.595. The summed E-state index contributed by atoms with van der Waals surface area (Å²) in [6, 6.07) is 8.62. The molecule has 1 atom stereocenters. The number of carbonyl (C=O) groups excluding carboxylic acids is 1. The lowest BCUT2D eigenvalue weighted by molar-refractivity contribution is 0.0600. The summed E-state index contributed by atoms with van der Waals surface area (Å²) in [5.74, 6) is 0.264. The van der Waals surface area contributed by atoms with E-state index in [9.17, 15) is 4.79 Å². The predicted octanol–water partition coefficient (Wildman–Crippen LogP) is 4.39. The maximum atomic E-state index is 11.8. The molecule has 1 aliphatic heterocycles. The molecule has 1 unspecified atom stereocenters. The molecule has 0 fully saturated rings. The standard InChI is InChI=1S/C17H13Cl2NO3/c1-9-7-12(11-4-6-15(18)20-16(11)19)13-8-10(17(21)22-2)3-5-14(13)23-9/h3-9H,1-2H3. The van der Waals surface area contributed by atoms with Crippen LogP contribution in [0.15, 0.2) is 36.4 Å². The highest BCUT2D eigenvalue weighted by atomic mass is 35.5. The summed E-state index contributed by atoms with van der Waals surface area (Å²) in [6.45, 7) is 1.93. The highest BCUT2D eigenvalue weighted by Gasteiger charge is 2.23. The Morgan fingerprint density at radius 1 is 1.22 bits per heavy atom. The highest BCUT2D eigenvalue weighted by Crippen LogP contribution is 2.39. The minimum Gasteiger partial charge on any atom is -0.486 e. The van der Waals surface area contributed by atoms with Gasteiger partial charge in [0.1, 0.15) is 22.2 Å². The fourth-order valence-electron chi connectivity index (χ4n) is 2.49. The van der Waals surface area contributed by atoms with Crippen LogP contribution in [-0.2, 0) is 4.74 Å². The van der Waals surface area contributed by atoms with Gasteiger partial charge in [-0.25, -0.2) is 9.78 Å². The fourth-order valence-corrected chi connectivity index (χ4v) is 2.94. The number of fused-ring (bicyclic) bond motifs is 1. The molecule has 6 heteroatoms. The molecule has 0 saturated carbocycles. The molecule has 1 aromatic heterocycles. The maximum Gasteiger partial charge on any atom is 0.337 e. The molecule has 0 amide bonds. The van der Waals surface area contributed by atoms with Crippen LogP contribution in [0.25, 0.3) is 5.57 Å². The minimum atomic E-state index is -0.411. The van der Waals surface area contributed by atoms with Crippen molar-refractivity contribution in [3.8, 4) is 5.75 Å². The Morgan fingerprint density at radius 3 is 2.70 bits per heavy atom. The molecule has 0 aliphatic carbocycles. The van der Waals surface area contributed by atoms with Gasteiger partial charge in [0.15, 0.2) is 0 Å². The second-order valence-corrected chi connectivity index (χ2v) is 5.82. The van der Waals surface area contributed by atoms with Gasteiger partial charge in [0.05, 0.1) is 12.7 Å². The first-order valence-corrected chi connectivity index (χ1v) is 7.69. The molecule has 3 rings (SSSR count). The summed E-state index contributed by atoms with van der Waals surface area (Å²) in [5, 5.41) is 0.621. The Kier molecular flexibility index (Phi) is 4.28. The number of esters is 1. The molecular formula is C17H13Cl2NO3. The van der Waals surface area contributed by atoms with Crippen LogP contribution in [0.2, 0.25) is 10.3 Å². The molecule has 1 aromatic carbocycles. The van der Waals surface area contributed by atoms with Crippen LogP contribution in [0.4, 0.5) is 0 Å². The first-order valence-electron chi connectivity index (χ1n) is 6.93. The monoisotopic (exact) mass is 349 g/mol. The molecule has 23 heavy (non-hydrogen) atoms. The molecule has 0 radical (unpaired) electrons. The summed E-state index contributed by atoms with van der Waals surface area (Å²) >= 11 is 12.1. The van der Waals surface area contributed by atoms with Crippen molar-refractivity contribution >= 4 is 34.7 Å². The molecule has 2 aromatic rings. The number of carbonyl (C=O) groups is 1. The van der Waals surface area contributed by atoms with Gasteiger partial charge in [0.2, 0.25) is 0 Å². The van der Waals surface area contributed by atoms with Gasteiger partial charge in [-0.15, -0.1) is 0 Å². The highest BCUT2D eigenvalue weighted by molar-refractivity contribution is 6.33. The van der Waals surface area contributed by atoms with Crippen molar-refractivity contribution in [3.05, 3.63) is 63.4 Å². The van der Waals surface area contributed by atoms with Gasteiger partial charge in [0.25, 0.3) is 0 Å². The molecule has 4 nitrogen and oxygen atoms in total. The molecule has 0 spiro atoms. The third kappa shape index (κ3) is 3.05. The van der Waals surface area contributed by atoms with Gasteiger partial charge in [0, 0.05) is 11.1 Å². The first-order chi connectivity index (χ1) is 11.0. The average Bonchev–Trinajstić information content (AvgIpc) is 2.53. The second-order valence-electron chi connectivity index (χ2n) is 5.08. The van der Waals surface area contributed by atoms with Crippen LogP contribution in [0.5, 0.6) is 5.75 Å². The summed E-state index contributed by atoms with van der Waals surface area (Å²) in [4.78, 5) is 15.9. The maximum absolute atomic E-state index is 11.8. The number of rotatable bonds is 2. The summed E-state index contributed by atoms with van der Waals surface area (Å²) in [5.41, 5.74) is 2.78. The Balaban J connectivity index is 2.16. The van der Waals surface area contributed by atoms with E-state index < -0.39 is 5.97 Å². The lowest BCUT2D eigenvalue weighted by Gasteiger charge is -2.24. The Hall–Kier alpha value is -2.04. The third-order valence-electron chi connectivity index (χ3n) is 3.51. The van der Waals surface area contributed by atoms with Gasteiger partial charge in [-0.05, 0) is 48.9 Å². The van der Waals surface area contributed by atoms with E-state index in [2.05, 4.69) is 4.98 Å². The van der Waals surface area contributed by atoms with Crippen LogP contribution in [0.3, 0.4) is 0 Å². The third-order valence-corrected chi connectivity index (χ3v) is 4.01. The van der Waals surface area contributed by atoms with Crippen LogP contribution in [0, 0.1) is 0 Å². The van der Waals surface area contributed by atoms with E-state index in [1.54, 1.807) is 30.3 Å². The van der Waals surface area contributed by atoms with Gasteiger partial charge >= 0.3 is 5.97 Å². The average molecular weight is 350 g/mol. The van der Waals surface area contributed by atoms with Gasteiger partial charge in [-0.1, -0.05) is 23.2 Å². The number of hydrogen-bond donors (Lipinski definition) is 0. The number of ether oxygens (including phenoxy) is 2. The molecule has 2 heterocycles. The normalized spacial score (nSPS) is 16.2. The number of methoxy groups -OCH3 is 1. The molecular weight excluding hydrogens is 337 g/mol. The van der Waals surface area contributed by atoms with Gasteiger partial charge in [-0.3, -0.25) is 0 Å². The number of benzene rings is 1. The van der Waals surface area contributed by atoms with E-state index in [-0.39, 0.29) is 6.10 Å². The summed E-state index contributed by atoms with van der Waals surface area (Å²) in [6.07, 6.45) is 1.80. The zero-order chi connectivity index (χ0) is 16.6. The molecule has 0 bridgehead atoms. The SMILES string of the molecule is COC(=O)c1ccc2c(c1)C(c1ccc(Cl)nc1Cl)=CC(C)O2. The van der Waals surface area contributed by atoms with E-state index in [1.807, 2.05) is 13.0 Å². The second kappa shape index (κ2) is 6.22. The van der Waals surface area contributed by atoms with Crippen molar-refractivity contribution in [1.29, 1.82) is 0 Å².